The van der Waals surface area contributed by atoms with Crippen molar-refractivity contribution in [1.82, 2.24) is 4.98 Å². The minimum absolute atomic E-state index is 0.414. The average molecular weight is 308 g/mol. The van der Waals surface area contributed by atoms with Gasteiger partial charge in [-0.05, 0) is 47.7 Å². The topological polar surface area (TPSA) is 12.9 Å². The summed E-state index contributed by atoms with van der Waals surface area (Å²) in [7, 11) is 0. The molecule has 0 aliphatic rings. The third-order valence-electron chi connectivity index (χ3n) is 4.13. The van der Waals surface area contributed by atoms with Gasteiger partial charge in [0.2, 0.25) is 0 Å². The van der Waals surface area contributed by atoms with Crippen molar-refractivity contribution in [3.63, 3.8) is 0 Å². The molecule has 0 saturated carbocycles. The molecule has 2 aromatic carbocycles. The number of hydrogen-bond donors (Lipinski definition) is 0. The number of benzene rings is 2. The molecule has 110 valence electrons. The highest BCUT2D eigenvalue weighted by Crippen LogP contribution is 2.35. The molecule has 1 nitrogen and oxygen atoms in total. The minimum atomic E-state index is 0.414. The Morgan fingerprint density at radius 3 is 2.14 bits per heavy atom. The van der Waals surface area contributed by atoms with Gasteiger partial charge in [0.15, 0.2) is 0 Å². The van der Waals surface area contributed by atoms with E-state index < -0.39 is 0 Å². The van der Waals surface area contributed by atoms with Crippen molar-refractivity contribution >= 4 is 11.6 Å². The van der Waals surface area contributed by atoms with E-state index >= 15 is 0 Å². The van der Waals surface area contributed by atoms with E-state index in [0.717, 1.165) is 11.3 Å². The van der Waals surface area contributed by atoms with Crippen LogP contribution in [0.1, 0.15) is 16.8 Å². The summed E-state index contributed by atoms with van der Waals surface area (Å²) in [5.74, 6) is 0.414. The van der Waals surface area contributed by atoms with Crippen LogP contribution in [-0.4, -0.2) is 4.98 Å². The summed E-state index contributed by atoms with van der Waals surface area (Å²) >= 11 is 6.07. The Bertz CT molecular complexity index is 808. The standard InChI is InChI=1S/C20H18ClN/c1-14-7-5-10-16(15(14)2)17-8-3-4-9-18(17)19-11-6-12-22-20(19)13-21/h3-12H,13H2,1-2H3. The van der Waals surface area contributed by atoms with Crippen molar-refractivity contribution in [3.8, 4) is 22.3 Å². The monoisotopic (exact) mass is 307 g/mol. The molecule has 0 amide bonds. The second-order valence-corrected chi connectivity index (χ2v) is 5.69. The normalized spacial score (nSPS) is 10.7. The van der Waals surface area contributed by atoms with Crippen molar-refractivity contribution in [1.29, 1.82) is 0 Å². The number of nitrogens with zero attached hydrogens (tertiary/aromatic N) is 1. The molecule has 0 unspecified atom stereocenters. The Kier molecular flexibility index (Phi) is 4.26. The van der Waals surface area contributed by atoms with Gasteiger partial charge < -0.3 is 0 Å². The molecular weight excluding hydrogens is 290 g/mol. The van der Waals surface area contributed by atoms with Crippen molar-refractivity contribution in [2.45, 2.75) is 19.7 Å². The second kappa shape index (κ2) is 6.33. The van der Waals surface area contributed by atoms with Gasteiger partial charge in [0.05, 0.1) is 11.6 Å². The van der Waals surface area contributed by atoms with Crippen molar-refractivity contribution in [3.05, 3.63) is 77.6 Å². The van der Waals surface area contributed by atoms with Crippen LogP contribution in [0.3, 0.4) is 0 Å². The van der Waals surface area contributed by atoms with E-state index in [1.807, 2.05) is 6.07 Å². The molecule has 1 aromatic heterocycles. The predicted octanol–water partition coefficient (Wildman–Crippen LogP) is 5.77. The maximum absolute atomic E-state index is 6.07. The maximum Gasteiger partial charge on any atom is 0.0653 e. The minimum Gasteiger partial charge on any atom is -0.259 e. The van der Waals surface area contributed by atoms with Crippen LogP contribution in [0.2, 0.25) is 0 Å². The first-order chi connectivity index (χ1) is 10.7. The van der Waals surface area contributed by atoms with Crippen LogP contribution in [0.25, 0.3) is 22.3 Å². The first-order valence-corrected chi connectivity index (χ1v) is 7.91. The number of halogens is 1. The van der Waals surface area contributed by atoms with Crippen LogP contribution >= 0.6 is 11.6 Å². The van der Waals surface area contributed by atoms with E-state index in [1.54, 1.807) is 6.20 Å². The summed E-state index contributed by atoms with van der Waals surface area (Å²) in [5, 5.41) is 0. The van der Waals surface area contributed by atoms with Gasteiger partial charge in [-0.15, -0.1) is 11.6 Å². The lowest BCUT2D eigenvalue weighted by Gasteiger charge is -2.15. The van der Waals surface area contributed by atoms with Crippen LogP contribution in [0.5, 0.6) is 0 Å². The Hall–Kier alpha value is -2.12. The SMILES string of the molecule is Cc1cccc(-c2ccccc2-c2cccnc2CCl)c1C. The lowest BCUT2D eigenvalue weighted by molar-refractivity contribution is 1.17. The summed E-state index contributed by atoms with van der Waals surface area (Å²) < 4.78 is 0. The van der Waals surface area contributed by atoms with Crippen LogP contribution in [-0.2, 0) is 5.88 Å². The summed E-state index contributed by atoms with van der Waals surface area (Å²) in [4.78, 5) is 4.42. The third-order valence-corrected chi connectivity index (χ3v) is 4.38. The molecule has 0 atom stereocenters. The highest BCUT2D eigenvalue weighted by Gasteiger charge is 2.12. The number of rotatable bonds is 3. The number of aryl methyl sites for hydroxylation is 1. The lowest BCUT2D eigenvalue weighted by Crippen LogP contribution is -1.94. The highest BCUT2D eigenvalue weighted by atomic mass is 35.5. The van der Waals surface area contributed by atoms with Gasteiger partial charge in [0.1, 0.15) is 0 Å². The number of aromatic nitrogens is 1. The van der Waals surface area contributed by atoms with E-state index in [0.29, 0.717) is 5.88 Å². The van der Waals surface area contributed by atoms with Gasteiger partial charge in [0.25, 0.3) is 0 Å². The number of alkyl halides is 1. The van der Waals surface area contributed by atoms with Gasteiger partial charge in [-0.2, -0.15) is 0 Å². The van der Waals surface area contributed by atoms with Gasteiger partial charge >= 0.3 is 0 Å². The first-order valence-electron chi connectivity index (χ1n) is 7.38. The zero-order valence-corrected chi connectivity index (χ0v) is 13.6. The fraction of sp³-hybridized carbons (Fsp3) is 0.150. The molecule has 0 saturated heterocycles. The highest BCUT2D eigenvalue weighted by molar-refractivity contribution is 6.17. The first kappa shape index (κ1) is 14.8. The lowest BCUT2D eigenvalue weighted by atomic mass is 9.90. The van der Waals surface area contributed by atoms with Crippen molar-refractivity contribution < 1.29 is 0 Å². The molecule has 0 aliphatic carbocycles. The maximum atomic E-state index is 6.07. The van der Waals surface area contributed by atoms with E-state index in [2.05, 4.69) is 67.4 Å². The Labute approximate surface area is 136 Å². The Morgan fingerprint density at radius 1 is 0.773 bits per heavy atom. The summed E-state index contributed by atoms with van der Waals surface area (Å²) in [5.41, 5.74) is 8.31. The third kappa shape index (κ3) is 2.65. The van der Waals surface area contributed by atoms with E-state index in [4.69, 9.17) is 11.6 Å². The van der Waals surface area contributed by atoms with Gasteiger partial charge in [-0.25, -0.2) is 0 Å². The number of hydrogen-bond acceptors (Lipinski definition) is 1. The average Bonchev–Trinajstić information content (AvgIpc) is 2.57. The van der Waals surface area contributed by atoms with E-state index in [1.165, 1.54) is 27.8 Å². The van der Waals surface area contributed by atoms with Crippen molar-refractivity contribution in [2.75, 3.05) is 0 Å². The molecule has 0 spiro atoms. The molecule has 3 rings (SSSR count). The summed E-state index contributed by atoms with van der Waals surface area (Å²) in [6.07, 6.45) is 1.79. The van der Waals surface area contributed by atoms with Gasteiger partial charge in [-0.1, -0.05) is 48.5 Å². The summed E-state index contributed by atoms with van der Waals surface area (Å²) in [6.45, 7) is 4.32. The molecule has 22 heavy (non-hydrogen) atoms. The van der Waals surface area contributed by atoms with Crippen LogP contribution in [0, 0.1) is 13.8 Å². The molecule has 3 aromatic rings. The largest absolute Gasteiger partial charge is 0.259 e. The summed E-state index contributed by atoms with van der Waals surface area (Å²) in [6, 6.07) is 19.0. The molecule has 1 heterocycles. The zero-order valence-electron chi connectivity index (χ0n) is 12.8. The fourth-order valence-corrected chi connectivity index (χ4v) is 3.00. The fourth-order valence-electron chi connectivity index (χ4n) is 2.79. The van der Waals surface area contributed by atoms with Crippen molar-refractivity contribution in [2.24, 2.45) is 0 Å². The van der Waals surface area contributed by atoms with Crippen LogP contribution < -0.4 is 0 Å². The Balaban J connectivity index is 2.26. The molecular formula is C20H18ClN. The second-order valence-electron chi connectivity index (χ2n) is 5.42. The van der Waals surface area contributed by atoms with Crippen LogP contribution in [0.15, 0.2) is 60.8 Å². The zero-order chi connectivity index (χ0) is 15.5. The molecule has 0 fully saturated rings. The molecule has 0 N–H and O–H groups in total. The predicted molar refractivity (Wildman–Crippen MR) is 94.1 cm³/mol. The smallest absolute Gasteiger partial charge is 0.0653 e. The molecule has 0 bridgehead atoms. The quantitative estimate of drug-likeness (QED) is 0.560. The van der Waals surface area contributed by atoms with Gasteiger partial charge in [0, 0.05) is 11.8 Å². The van der Waals surface area contributed by atoms with E-state index in [9.17, 15) is 0 Å². The molecule has 0 radical (unpaired) electrons. The molecule has 0 aliphatic heterocycles. The van der Waals surface area contributed by atoms with Crippen LogP contribution in [0.4, 0.5) is 0 Å². The van der Waals surface area contributed by atoms with E-state index in [-0.39, 0.29) is 0 Å². The number of pyridine rings is 1. The van der Waals surface area contributed by atoms with Gasteiger partial charge in [-0.3, -0.25) is 4.98 Å². The Morgan fingerprint density at radius 2 is 1.41 bits per heavy atom. The molecule has 2 heteroatoms.